The van der Waals surface area contributed by atoms with E-state index in [4.69, 9.17) is 11.6 Å². The van der Waals surface area contributed by atoms with Crippen molar-refractivity contribution in [3.05, 3.63) is 39.6 Å². The maximum absolute atomic E-state index is 12.3. The number of benzene rings is 1. The van der Waals surface area contributed by atoms with Gasteiger partial charge in [0.1, 0.15) is 5.56 Å². The molecule has 1 aromatic carbocycles. The molecule has 2 aromatic rings. The molecule has 0 fully saturated rings. The molecule has 1 aromatic heterocycles. The predicted octanol–water partition coefficient (Wildman–Crippen LogP) is 2.38. The van der Waals surface area contributed by atoms with E-state index in [2.05, 4.69) is 4.98 Å². The zero-order chi connectivity index (χ0) is 12.7. The molecule has 2 heterocycles. The second-order valence-electron chi connectivity index (χ2n) is 3.91. The van der Waals surface area contributed by atoms with Crippen LogP contribution >= 0.6 is 23.4 Å². The van der Waals surface area contributed by atoms with Gasteiger partial charge in [0.15, 0.2) is 5.16 Å². The van der Waals surface area contributed by atoms with E-state index in [0.717, 1.165) is 5.75 Å². The van der Waals surface area contributed by atoms with Crippen molar-refractivity contribution in [3.8, 4) is 17.0 Å². The SMILES string of the molecule is O=c1c(-c2ccc(Cl)cc2)c(O)nc2n1CCS2. The lowest BCUT2D eigenvalue weighted by atomic mass is 10.1. The lowest BCUT2D eigenvalue weighted by Gasteiger charge is -2.07. The molecule has 1 N–H and O–H groups in total. The van der Waals surface area contributed by atoms with Crippen LogP contribution in [0.3, 0.4) is 0 Å². The van der Waals surface area contributed by atoms with Crippen LogP contribution < -0.4 is 5.56 Å². The number of rotatable bonds is 1. The Morgan fingerprint density at radius 2 is 2.06 bits per heavy atom. The molecule has 3 rings (SSSR count). The van der Waals surface area contributed by atoms with Crippen LogP contribution in [0.2, 0.25) is 5.02 Å². The molecule has 0 bridgehead atoms. The van der Waals surface area contributed by atoms with Gasteiger partial charge in [0.25, 0.3) is 5.56 Å². The molecular weight excluding hydrogens is 272 g/mol. The number of hydrogen-bond acceptors (Lipinski definition) is 4. The molecule has 6 heteroatoms. The van der Waals surface area contributed by atoms with Crippen molar-refractivity contribution >= 4 is 23.4 Å². The number of fused-ring (bicyclic) bond motifs is 1. The molecule has 1 aliphatic rings. The number of thioether (sulfide) groups is 1. The Morgan fingerprint density at radius 1 is 1.33 bits per heavy atom. The lowest BCUT2D eigenvalue weighted by molar-refractivity contribution is 0.439. The fourth-order valence-corrected chi connectivity index (χ4v) is 2.99. The minimum Gasteiger partial charge on any atom is -0.493 e. The average Bonchev–Trinajstić information content (AvgIpc) is 2.80. The fraction of sp³-hybridized carbons (Fsp3) is 0.167. The Morgan fingerprint density at radius 3 is 2.78 bits per heavy atom. The van der Waals surface area contributed by atoms with Gasteiger partial charge in [-0.05, 0) is 17.7 Å². The third-order valence-corrected chi connectivity index (χ3v) is 4.00. The highest BCUT2D eigenvalue weighted by Gasteiger charge is 2.21. The van der Waals surface area contributed by atoms with Gasteiger partial charge < -0.3 is 5.11 Å². The summed E-state index contributed by atoms with van der Waals surface area (Å²) in [6.07, 6.45) is 0. The first-order valence-corrected chi connectivity index (χ1v) is 6.76. The van der Waals surface area contributed by atoms with Crippen LogP contribution in [0.5, 0.6) is 5.88 Å². The molecule has 92 valence electrons. The number of aromatic nitrogens is 2. The summed E-state index contributed by atoms with van der Waals surface area (Å²) in [5.74, 6) is 0.592. The largest absolute Gasteiger partial charge is 0.493 e. The van der Waals surface area contributed by atoms with E-state index < -0.39 is 0 Å². The van der Waals surface area contributed by atoms with E-state index in [-0.39, 0.29) is 17.0 Å². The molecule has 0 atom stereocenters. The molecule has 1 aliphatic heterocycles. The van der Waals surface area contributed by atoms with Crippen molar-refractivity contribution in [2.45, 2.75) is 11.7 Å². The Bertz CT molecular complexity index is 667. The molecule has 0 saturated carbocycles. The zero-order valence-corrected chi connectivity index (χ0v) is 10.8. The number of hydrogen-bond donors (Lipinski definition) is 1. The summed E-state index contributed by atoms with van der Waals surface area (Å²) in [5.41, 5.74) is 0.657. The standard InChI is InChI=1S/C12H9ClN2O2S/c13-8-3-1-7(2-4-8)9-10(16)14-12-15(11(9)17)5-6-18-12/h1-4,16H,5-6H2. The van der Waals surface area contributed by atoms with Crippen molar-refractivity contribution in [2.75, 3.05) is 5.75 Å². The first-order chi connectivity index (χ1) is 8.66. The van der Waals surface area contributed by atoms with Crippen molar-refractivity contribution in [3.63, 3.8) is 0 Å². The van der Waals surface area contributed by atoms with Crippen LogP contribution in [-0.2, 0) is 6.54 Å². The third kappa shape index (κ3) is 1.79. The molecule has 0 saturated heterocycles. The Labute approximate surface area is 112 Å². The molecule has 0 amide bonds. The van der Waals surface area contributed by atoms with Gasteiger partial charge >= 0.3 is 0 Å². The summed E-state index contributed by atoms with van der Waals surface area (Å²) >= 11 is 7.28. The van der Waals surface area contributed by atoms with E-state index in [1.165, 1.54) is 11.8 Å². The zero-order valence-electron chi connectivity index (χ0n) is 9.26. The maximum Gasteiger partial charge on any atom is 0.265 e. The van der Waals surface area contributed by atoms with E-state index >= 15 is 0 Å². The van der Waals surface area contributed by atoms with Crippen LogP contribution in [0.25, 0.3) is 11.1 Å². The highest BCUT2D eigenvalue weighted by atomic mass is 35.5. The first kappa shape index (κ1) is 11.6. The Kier molecular flexibility index (Phi) is 2.80. The van der Waals surface area contributed by atoms with Gasteiger partial charge in [-0.15, -0.1) is 0 Å². The van der Waals surface area contributed by atoms with E-state index in [1.54, 1.807) is 28.8 Å². The van der Waals surface area contributed by atoms with Gasteiger partial charge in [0.2, 0.25) is 5.88 Å². The summed E-state index contributed by atoms with van der Waals surface area (Å²) < 4.78 is 1.59. The number of aromatic hydroxyl groups is 1. The second-order valence-corrected chi connectivity index (χ2v) is 5.40. The third-order valence-electron chi connectivity index (χ3n) is 2.79. The summed E-state index contributed by atoms with van der Waals surface area (Å²) in [7, 11) is 0. The summed E-state index contributed by atoms with van der Waals surface area (Å²) in [6.45, 7) is 0.632. The first-order valence-electron chi connectivity index (χ1n) is 5.39. The highest BCUT2D eigenvalue weighted by molar-refractivity contribution is 7.99. The maximum atomic E-state index is 12.3. The van der Waals surface area contributed by atoms with Gasteiger partial charge in [-0.25, -0.2) is 0 Å². The number of halogens is 1. The van der Waals surface area contributed by atoms with E-state index in [9.17, 15) is 9.90 Å². The van der Waals surface area contributed by atoms with Crippen molar-refractivity contribution in [1.82, 2.24) is 9.55 Å². The molecule has 0 aliphatic carbocycles. The van der Waals surface area contributed by atoms with Crippen molar-refractivity contribution in [1.29, 1.82) is 0 Å². The van der Waals surface area contributed by atoms with Crippen molar-refractivity contribution in [2.24, 2.45) is 0 Å². The Balaban J connectivity index is 2.24. The van der Waals surface area contributed by atoms with E-state index in [0.29, 0.717) is 22.3 Å². The van der Waals surface area contributed by atoms with Crippen LogP contribution in [0, 0.1) is 0 Å². The van der Waals surface area contributed by atoms with Gasteiger partial charge in [0.05, 0.1) is 0 Å². The van der Waals surface area contributed by atoms with Crippen LogP contribution in [0.1, 0.15) is 0 Å². The minimum absolute atomic E-state index is 0.204. The second kappa shape index (κ2) is 4.33. The highest BCUT2D eigenvalue weighted by Crippen LogP contribution is 2.30. The van der Waals surface area contributed by atoms with Gasteiger partial charge in [-0.1, -0.05) is 35.5 Å². The van der Waals surface area contributed by atoms with Crippen LogP contribution in [0.15, 0.2) is 34.2 Å². The van der Waals surface area contributed by atoms with Gasteiger partial charge in [-0.2, -0.15) is 4.98 Å². The van der Waals surface area contributed by atoms with Crippen molar-refractivity contribution < 1.29 is 5.11 Å². The number of nitrogens with zero attached hydrogens (tertiary/aromatic N) is 2. The molecule has 18 heavy (non-hydrogen) atoms. The predicted molar refractivity (Wildman–Crippen MR) is 71.3 cm³/mol. The molecular formula is C12H9ClN2O2S. The normalized spacial score (nSPS) is 13.6. The van der Waals surface area contributed by atoms with Crippen LogP contribution in [0.4, 0.5) is 0 Å². The molecule has 0 unspecified atom stereocenters. The smallest absolute Gasteiger partial charge is 0.265 e. The van der Waals surface area contributed by atoms with Crippen LogP contribution in [-0.4, -0.2) is 20.4 Å². The quantitative estimate of drug-likeness (QED) is 0.815. The minimum atomic E-state index is -0.219. The van der Waals surface area contributed by atoms with Gasteiger partial charge in [0, 0.05) is 17.3 Å². The summed E-state index contributed by atoms with van der Waals surface area (Å²) in [4.78, 5) is 16.3. The lowest BCUT2D eigenvalue weighted by Crippen LogP contribution is -2.22. The summed E-state index contributed by atoms with van der Waals surface area (Å²) in [6, 6.07) is 6.77. The molecule has 0 radical (unpaired) electrons. The fourth-order valence-electron chi connectivity index (χ4n) is 1.93. The molecule has 4 nitrogen and oxygen atoms in total. The van der Waals surface area contributed by atoms with Gasteiger partial charge in [-0.3, -0.25) is 9.36 Å². The Hall–Kier alpha value is -1.46. The average molecular weight is 281 g/mol. The topological polar surface area (TPSA) is 55.1 Å². The molecule has 0 spiro atoms. The van der Waals surface area contributed by atoms with E-state index in [1.807, 2.05) is 0 Å². The summed E-state index contributed by atoms with van der Waals surface area (Å²) in [5, 5.41) is 11.1. The monoisotopic (exact) mass is 280 g/mol.